The first kappa shape index (κ1) is 11.9. The molecule has 0 aromatic rings. The zero-order chi connectivity index (χ0) is 10.1. The van der Waals surface area contributed by atoms with Gasteiger partial charge in [-0.05, 0) is 19.9 Å². The maximum Gasteiger partial charge on any atom is 0.104 e. The Morgan fingerprint density at radius 3 is 2.79 bits per heavy atom. The van der Waals surface area contributed by atoms with Gasteiger partial charge in [-0.1, -0.05) is 0 Å². The van der Waals surface area contributed by atoms with E-state index in [1.165, 1.54) is 0 Å². The van der Waals surface area contributed by atoms with Crippen molar-refractivity contribution in [1.29, 1.82) is 0 Å². The maximum absolute atomic E-state index is 5.49. The molecular formula is C10H21NO3. The van der Waals surface area contributed by atoms with Crippen molar-refractivity contribution in [3.05, 3.63) is 0 Å². The van der Waals surface area contributed by atoms with Crippen LogP contribution in [0.1, 0.15) is 13.3 Å². The minimum absolute atomic E-state index is 0.347. The molecule has 0 bridgehead atoms. The number of rotatable bonds is 9. The molecule has 1 heterocycles. The van der Waals surface area contributed by atoms with Crippen LogP contribution < -0.4 is 5.32 Å². The average molecular weight is 203 g/mol. The molecule has 0 spiro atoms. The van der Waals surface area contributed by atoms with Crippen molar-refractivity contribution >= 4 is 0 Å². The quantitative estimate of drug-likeness (QED) is 0.551. The fourth-order valence-electron chi connectivity index (χ4n) is 1.18. The Morgan fingerprint density at radius 1 is 1.29 bits per heavy atom. The van der Waals surface area contributed by atoms with E-state index in [-0.39, 0.29) is 0 Å². The van der Waals surface area contributed by atoms with Crippen molar-refractivity contribution in [3.8, 4) is 0 Å². The van der Waals surface area contributed by atoms with Crippen LogP contribution in [0, 0.1) is 0 Å². The van der Waals surface area contributed by atoms with Gasteiger partial charge in [0.2, 0.25) is 0 Å². The minimum atomic E-state index is 0.347. The van der Waals surface area contributed by atoms with Crippen LogP contribution in [-0.2, 0) is 14.2 Å². The van der Waals surface area contributed by atoms with Crippen molar-refractivity contribution in [2.45, 2.75) is 19.4 Å². The van der Waals surface area contributed by atoms with Crippen molar-refractivity contribution in [3.63, 3.8) is 0 Å². The molecular weight excluding hydrogens is 182 g/mol. The molecule has 1 fully saturated rings. The molecule has 4 nitrogen and oxygen atoms in total. The molecule has 0 saturated carbocycles. The summed E-state index contributed by atoms with van der Waals surface area (Å²) in [6.07, 6.45) is 1.42. The topological polar surface area (TPSA) is 39.7 Å². The van der Waals surface area contributed by atoms with Crippen LogP contribution in [0.2, 0.25) is 0 Å². The summed E-state index contributed by atoms with van der Waals surface area (Å²) in [5.41, 5.74) is 0. The highest BCUT2D eigenvalue weighted by Gasteiger charge is 2.17. The van der Waals surface area contributed by atoms with E-state index in [0.29, 0.717) is 6.10 Å². The van der Waals surface area contributed by atoms with Gasteiger partial charge in [0.05, 0.1) is 19.8 Å². The highest BCUT2D eigenvalue weighted by atomic mass is 16.6. The second-order valence-corrected chi connectivity index (χ2v) is 3.33. The van der Waals surface area contributed by atoms with E-state index < -0.39 is 0 Å². The van der Waals surface area contributed by atoms with Gasteiger partial charge in [0.1, 0.15) is 6.10 Å². The predicted molar refractivity (Wildman–Crippen MR) is 54.5 cm³/mol. The molecule has 0 aliphatic carbocycles. The van der Waals surface area contributed by atoms with E-state index >= 15 is 0 Å². The van der Waals surface area contributed by atoms with Gasteiger partial charge in [-0.3, -0.25) is 0 Å². The lowest BCUT2D eigenvalue weighted by Crippen LogP contribution is -2.37. The largest absolute Gasteiger partial charge is 0.382 e. The first-order valence-corrected chi connectivity index (χ1v) is 5.41. The van der Waals surface area contributed by atoms with Gasteiger partial charge in [0.15, 0.2) is 0 Å². The third-order valence-electron chi connectivity index (χ3n) is 2.09. The first-order chi connectivity index (χ1) is 6.93. The van der Waals surface area contributed by atoms with E-state index in [1.54, 1.807) is 0 Å². The molecule has 84 valence electrons. The molecule has 4 heteroatoms. The van der Waals surface area contributed by atoms with E-state index in [2.05, 4.69) is 5.32 Å². The van der Waals surface area contributed by atoms with Crippen LogP contribution in [0.4, 0.5) is 0 Å². The summed E-state index contributed by atoms with van der Waals surface area (Å²) in [5.74, 6) is 0. The Morgan fingerprint density at radius 2 is 2.14 bits per heavy atom. The van der Waals surface area contributed by atoms with E-state index in [4.69, 9.17) is 14.2 Å². The van der Waals surface area contributed by atoms with Crippen LogP contribution >= 0.6 is 0 Å². The van der Waals surface area contributed by atoms with Crippen molar-refractivity contribution < 1.29 is 14.2 Å². The van der Waals surface area contributed by atoms with Crippen LogP contribution in [-0.4, -0.2) is 52.2 Å². The van der Waals surface area contributed by atoms with Gasteiger partial charge in [-0.2, -0.15) is 0 Å². The van der Waals surface area contributed by atoms with Crippen molar-refractivity contribution in [2.24, 2.45) is 0 Å². The Labute approximate surface area is 85.9 Å². The minimum Gasteiger partial charge on any atom is -0.382 e. The molecule has 0 atom stereocenters. The number of nitrogens with one attached hydrogen (secondary N) is 1. The average Bonchev–Trinajstić information content (AvgIpc) is 2.13. The van der Waals surface area contributed by atoms with Gasteiger partial charge in [-0.15, -0.1) is 0 Å². The Bertz CT molecular complexity index is 129. The summed E-state index contributed by atoms with van der Waals surface area (Å²) in [4.78, 5) is 0. The van der Waals surface area contributed by atoms with E-state index in [1.807, 2.05) is 6.92 Å². The summed E-state index contributed by atoms with van der Waals surface area (Å²) >= 11 is 0. The summed E-state index contributed by atoms with van der Waals surface area (Å²) in [7, 11) is 0. The highest BCUT2D eigenvalue weighted by Crippen LogP contribution is 2.03. The molecule has 0 amide bonds. The zero-order valence-corrected chi connectivity index (χ0v) is 8.96. The molecule has 0 unspecified atom stereocenters. The molecule has 14 heavy (non-hydrogen) atoms. The summed E-state index contributed by atoms with van der Waals surface area (Å²) < 4.78 is 15.7. The summed E-state index contributed by atoms with van der Waals surface area (Å²) in [5, 5.41) is 3.30. The predicted octanol–water partition coefficient (Wildman–Crippen LogP) is 0.418. The fourth-order valence-corrected chi connectivity index (χ4v) is 1.18. The molecule has 1 N–H and O–H groups in total. The Hall–Kier alpha value is -0.160. The van der Waals surface area contributed by atoms with E-state index in [9.17, 15) is 0 Å². The lowest BCUT2D eigenvalue weighted by Gasteiger charge is -2.25. The molecule has 0 radical (unpaired) electrons. The van der Waals surface area contributed by atoms with Gasteiger partial charge >= 0.3 is 0 Å². The Balaban J connectivity index is 1.67. The lowest BCUT2D eigenvalue weighted by atomic mass is 10.3. The second kappa shape index (κ2) is 8.17. The van der Waals surface area contributed by atoms with Crippen LogP contribution in [0.25, 0.3) is 0 Å². The molecule has 1 aliphatic rings. The van der Waals surface area contributed by atoms with Crippen LogP contribution in [0.15, 0.2) is 0 Å². The molecule has 0 aromatic heterocycles. The third kappa shape index (κ3) is 5.54. The molecule has 1 rings (SSSR count). The lowest BCUT2D eigenvalue weighted by molar-refractivity contribution is -0.128. The van der Waals surface area contributed by atoms with Crippen molar-refractivity contribution in [2.75, 3.05) is 46.1 Å². The number of ether oxygens (including phenoxy) is 3. The second-order valence-electron chi connectivity index (χ2n) is 3.33. The maximum atomic E-state index is 5.49. The molecule has 1 saturated heterocycles. The molecule has 0 aromatic carbocycles. The SMILES string of the molecule is CCOCCCNCCOC1COC1. The smallest absolute Gasteiger partial charge is 0.104 e. The molecule has 1 aliphatic heterocycles. The van der Waals surface area contributed by atoms with Gasteiger partial charge < -0.3 is 19.5 Å². The zero-order valence-electron chi connectivity index (χ0n) is 8.96. The van der Waals surface area contributed by atoms with Gasteiger partial charge in [0, 0.05) is 19.8 Å². The number of hydrogen-bond donors (Lipinski definition) is 1. The summed E-state index contributed by atoms with van der Waals surface area (Å²) in [6, 6.07) is 0. The van der Waals surface area contributed by atoms with Crippen LogP contribution in [0.5, 0.6) is 0 Å². The van der Waals surface area contributed by atoms with Crippen LogP contribution in [0.3, 0.4) is 0 Å². The van der Waals surface area contributed by atoms with Crippen molar-refractivity contribution in [1.82, 2.24) is 5.32 Å². The van der Waals surface area contributed by atoms with E-state index in [0.717, 1.165) is 52.5 Å². The standard InChI is InChI=1S/C10H21NO3/c1-2-12-6-3-4-11-5-7-14-10-8-13-9-10/h10-11H,2-9H2,1H3. The highest BCUT2D eigenvalue weighted by molar-refractivity contribution is 4.64. The van der Waals surface area contributed by atoms with Gasteiger partial charge in [-0.25, -0.2) is 0 Å². The first-order valence-electron chi connectivity index (χ1n) is 5.41. The fraction of sp³-hybridized carbons (Fsp3) is 1.00. The van der Waals surface area contributed by atoms with Gasteiger partial charge in [0.25, 0.3) is 0 Å². The third-order valence-corrected chi connectivity index (χ3v) is 2.09. The monoisotopic (exact) mass is 203 g/mol. The normalized spacial score (nSPS) is 16.9. The summed E-state index contributed by atoms with van der Waals surface area (Å²) in [6.45, 7) is 7.91. The number of hydrogen-bond acceptors (Lipinski definition) is 4. The Kier molecular flexibility index (Phi) is 6.95.